The normalized spacial score (nSPS) is 12.0. The van der Waals surface area contributed by atoms with Gasteiger partial charge in [0.25, 0.3) is 17.5 Å². The fraction of sp³-hybridized carbons (Fsp3) is 0.211. The summed E-state index contributed by atoms with van der Waals surface area (Å²) >= 11 is 3.29. The molecule has 0 aliphatic heterocycles. The van der Waals surface area contributed by atoms with E-state index in [1.807, 2.05) is 0 Å². The monoisotopic (exact) mass is 462 g/mol. The van der Waals surface area contributed by atoms with Crippen molar-refractivity contribution in [2.45, 2.75) is 19.9 Å². The van der Waals surface area contributed by atoms with E-state index in [1.54, 1.807) is 38.1 Å². The number of nitro groups is 1. The zero-order chi connectivity index (χ0) is 21.6. The molecule has 9 nitrogen and oxygen atoms in total. The first-order valence-electron chi connectivity index (χ1n) is 8.55. The van der Waals surface area contributed by atoms with Gasteiger partial charge >= 0.3 is 0 Å². The number of hydrazone groups is 1. The minimum atomic E-state index is -0.859. The van der Waals surface area contributed by atoms with Crippen molar-refractivity contribution in [3.63, 3.8) is 0 Å². The summed E-state index contributed by atoms with van der Waals surface area (Å²) in [5.74, 6) is -1.42. The molecule has 2 aromatic carbocycles. The van der Waals surface area contributed by atoms with Gasteiger partial charge in [0.2, 0.25) is 0 Å². The summed E-state index contributed by atoms with van der Waals surface area (Å²) in [6.07, 6.45) is 1.09. The minimum absolute atomic E-state index is 0.0690. The molecule has 29 heavy (non-hydrogen) atoms. The summed E-state index contributed by atoms with van der Waals surface area (Å²) in [4.78, 5) is 35.0. The third-order valence-electron chi connectivity index (χ3n) is 3.94. The second-order valence-electron chi connectivity index (χ2n) is 6.44. The van der Waals surface area contributed by atoms with Crippen molar-refractivity contribution in [1.29, 1.82) is 0 Å². The van der Waals surface area contributed by atoms with E-state index in [9.17, 15) is 24.8 Å². The van der Waals surface area contributed by atoms with Crippen LogP contribution in [0.5, 0.6) is 5.75 Å². The smallest absolute Gasteiger partial charge is 0.270 e. The molecule has 0 saturated carbocycles. The van der Waals surface area contributed by atoms with E-state index in [2.05, 4.69) is 31.8 Å². The van der Waals surface area contributed by atoms with Gasteiger partial charge in [-0.1, -0.05) is 29.8 Å². The summed E-state index contributed by atoms with van der Waals surface area (Å²) in [7, 11) is 0. The van der Waals surface area contributed by atoms with Crippen molar-refractivity contribution in [2.75, 3.05) is 0 Å². The number of aromatic hydroxyl groups is 1. The number of benzene rings is 2. The van der Waals surface area contributed by atoms with Gasteiger partial charge in [-0.05, 0) is 36.2 Å². The Bertz CT molecular complexity index is 944. The zero-order valence-electron chi connectivity index (χ0n) is 15.6. The lowest BCUT2D eigenvalue weighted by molar-refractivity contribution is -0.384. The van der Waals surface area contributed by atoms with E-state index >= 15 is 0 Å². The molecule has 10 heteroatoms. The molecule has 2 rings (SSSR count). The van der Waals surface area contributed by atoms with E-state index in [0.717, 1.165) is 28.9 Å². The number of hydrogen-bond donors (Lipinski definition) is 3. The molecule has 0 bridgehead atoms. The van der Waals surface area contributed by atoms with Crippen molar-refractivity contribution in [1.82, 2.24) is 10.7 Å². The highest BCUT2D eigenvalue weighted by Crippen LogP contribution is 2.21. The Kier molecular flexibility index (Phi) is 7.43. The molecular weight excluding hydrogens is 444 g/mol. The van der Waals surface area contributed by atoms with Gasteiger partial charge in [0.1, 0.15) is 11.8 Å². The number of nitrogens with zero attached hydrogens (tertiary/aromatic N) is 2. The lowest BCUT2D eigenvalue weighted by Gasteiger charge is -2.20. The van der Waals surface area contributed by atoms with Gasteiger partial charge in [-0.25, -0.2) is 5.43 Å². The van der Waals surface area contributed by atoms with Gasteiger partial charge in [0.05, 0.1) is 11.1 Å². The number of phenolic OH excluding ortho intramolecular Hbond substituents is 1. The second-order valence-corrected chi connectivity index (χ2v) is 7.35. The predicted molar refractivity (Wildman–Crippen MR) is 111 cm³/mol. The van der Waals surface area contributed by atoms with E-state index < -0.39 is 22.8 Å². The molecule has 0 aliphatic rings. The van der Waals surface area contributed by atoms with Crippen LogP contribution in [0, 0.1) is 16.0 Å². The number of hydrogen-bond acceptors (Lipinski definition) is 6. The molecule has 0 saturated heterocycles. The Labute approximate surface area is 175 Å². The Balaban J connectivity index is 2.07. The molecule has 2 amide bonds. The van der Waals surface area contributed by atoms with Crippen LogP contribution in [0.2, 0.25) is 0 Å². The Morgan fingerprint density at radius 1 is 1.21 bits per heavy atom. The molecule has 0 aliphatic carbocycles. The molecular formula is C19H19BrN4O5. The number of non-ortho nitro benzene ring substituents is 1. The van der Waals surface area contributed by atoms with Crippen LogP contribution in [-0.4, -0.2) is 34.1 Å². The SMILES string of the molecule is CC(C)C(NC(=O)c1ccc(Br)cc1)C(=O)NN=Cc1cc([N+](=O)[O-])ccc1O. The first-order valence-corrected chi connectivity index (χ1v) is 9.35. The van der Waals surface area contributed by atoms with Crippen LogP contribution < -0.4 is 10.7 Å². The Hall–Kier alpha value is -3.27. The molecule has 1 atom stereocenters. The van der Waals surface area contributed by atoms with Gasteiger partial charge in [-0.3, -0.25) is 19.7 Å². The molecule has 0 radical (unpaired) electrons. The number of nitrogens with one attached hydrogen (secondary N) is 2. The molecule has 0 fully saturated rings. The predicted octanol–water partition coefficient (Wildman–Crippen LogP) is 2.97. The summed E-state index contributed by atoms with van der Waals surface area (Å²) < 4.78 is 0.825. The summed E-state index contributed by atoms with van der Waals surface area (Å²) in [5, 5.41) is 27.0. The van der Waals surface area contributed by atoms with Crippen LogP contribution in [-0.2, 0) is 4.79 Å². The molecule has 3 N–H and O–H groups in total. The maximum Gasteiger partial charge on any atom is 0.270 e. The van der Waals surface area contributed by atoms with E-state index in [4.69, 9.17) is 0 Å². The van der Waals surface area contributed by atoms with Crippen LogP contribution in [0.1, 0.15) is 29.8 Å². The Morgan fingerprint density at radius 3 is 2.45 bits per heavy atom. The van der Waals surface area contributed by atoms with Crippen LogP contribution in [0.15, 0.2) is 52.0 Å². The highest BCUT2D eigenvalue weighted by molar-refractivity contribution is 9.10. The highest BCUT2D eigenvalue weighted by atomic mass is 79.9. The second kappa shape index (κ2) is 9.78. The molecule has 152 valence electrons. The van der Waals surface area contributed by atoms with Crippen molar-refractivity contribution >= 4 is 39.6 Å². The number of nitro benzene ring substituents is 1. The third kappa shape index (κ3) is 6.11. The van der Waals surface area contributed by atoms with Crippen molar-refractivity contribution in [3.8, 4) is 5.75 Å². The topological polar surface area (TPSA) is 134 Å². The van der Waals surface area contributed by atoms with E-state index in [1.165, 1.54) is 0 Å². The lowest BCUT2D eigenvalue weighted by atomic mass is 10.0. The highest BCUT2D eigenvalue weighted by Gasteiger charge is 2.24. The van der Waals surface area contributed by atoms with Gasteiger partial charge < -0.3 is 10.4 Å². The number of rotatable bonds is 7. The maximum atomic E-state index is 12.4. The van der Waals surface area contributed by atoms with Gasteiger partial charge in [0, 0.05) is 27.7 Å². The lowest BCUT2D eigenvalue weighted by Crippen LogP contribution is -2.48. The standard InChI is InChI=1S/C19H19BrN4O5/c1-11(2)17(22-18(26)12-3-5-14(20)6-4-12)19(27)23-21-10-13-9-15(24(28)29)7-8-16(13)25/h3-11,17,25H,1-2H3,(H,22,26)(H,23,27). The fourth-order valence-corrected chi connectivity index (χ4v) is 2.62. The molecule has 0 heterocycles. The number of carbonyl (C=O) groups is 2. The Morgan fingerprint density at radius 2 is 1.86 bits per heavy atom. The van der Waals surface area contributed by atoms with Crippen LogP contribution in [0.4, 0.5) is 5.69 Å². The van der Waals surface area contributed by atoms with Gasteiger partial charge in [-0.2, -0.15) is 5.10 Å². The average molecular weight is 463 g/mol. The van der Waals surface area contributed by atoms with E-state index in [0.29, 0.717) is 5.56 Å². The first kappa shape index (κ1) is 22.0. The molecule has 0 spiro atoms. The fourth-order valence-electron chi connectivity index (χ4n) is 2.35. The summed E-state index contributed by atoms with van der Waals surface area (Å²) in [5.41, 5.74) is 2.53. The summed E-state index contributed by atoms with van der Waals surface area (Å²) in [6, 6.07) is 9.26. The van der Waals surface area contributed by atoms with Crippen LogP contribution in [0.25, 0.3) is 0 Å². The molecule has 0 aromatic heterocycles. The zero-order valence-corrected chi connectivity index (χ0v) is 17.2. The van der Waals surface area contributed by atoms with Crippen molar-refractivity contribution in [3.05, 3.63) is 68.2 Å². The van der Waals surface area contributed by atoms with Crippen LogP contribution >= 0.6 is 15.9 Å². The summed E-state index contributed by atoms with van der Waals surface area (Å²) in [6.45, 7) is 3.53. The third-order valence-corrected chi connectivity index (χ3v) is 4.47. The molecule has 2 aromatic rings. The number of halogens is 1. The average Bonchev–Trinajstić information content (AvgIpc) is 2.67. The number of carbonyl (C=O) groups excluding carboxylic acids is 2. The number of amides is 2. The first-order chi connectivity index (χ1) is 13.7. The van der Waals surface area contributed by atoms with Gasteiger partial charge in [-0.15, -0.1) is 0 Å². The maximum absolute atomic E-state index is 12.4. The quantitative estimate of drug-likeness (QED) is 0.330. The van der Waals surface area contributed by atoms with Gasteiger partial charge in [0.15, 0.2) is 0 Å². The van der Waals surface area contributed by atoms with Crippen molar-refractivity contribution in [2.24, 2.45) is 11.0 Å². The van der Waals surface area contributed by atoms with E-state index in [-0.39, 0.29) is 22.9 Å². The minimum Gasteiger partial charge on any atom is -0.507 e. The van der Waals surface area contributed by atoms with Crippen LogP contribution in [0.3, 0.4) is 0 Å². The molecule has 1 unspecified atom stereocenters. The number of phenols is 1. The van der Waals surface area contributed by atoms with Crippen molar-refractivity contribution < 1.29 is 19.6 Å². The largest absolute Gasteiger partial charge is 0.507 e.